The van der Waals surface area contributed by atoms with Gasteiger partial charge in [-0.1, -0.05) is 0 Å². The number of ether oxygens (including phenoxy) is 1. The molecule has 1 aromatic carbocycles. The molecule has 0 aliphatic carbocycles. The summed E-state index contributed by atoms with van der Waals surface area (Å²) in [5.74, 6) is 0.456. The molecule has 0 saturated carbocycles. The number of nitrogens with two attached hydrogens (primary N) is 1. The van der Waals surface area contributed by atoms with Gasteiger partial charge in [-0.15, -0.1) is 0 Å². The summed E-state index contributed by atoms with van der Waals surface area (Å²) < 4.78 is 7.04. The smallest absolute Gasteiger partial charge is 0.272 e. The molecule has 0 atom stereocenters. The number of nitrogens with one attached hydrogen (secondary N) is 1. The maximum atomic E-state index is 12.3. The number of nitrogens with zero attached hydrogens (tertiary/aromatic N) is 1. The Labute approximate surface area is 118 Å². The highest BCUT2D eigenvalue weighted by atomic mass is 16.5. The molecule has 5 heteroatoms. The van der Waals surface area contributed by atoms with Crippen molar-refractivity contribution in [1.82, 2.24) is 4.57 Å². The third kappa shape index (κ3) is 2.77. The van der Waals surface area contributed by atoms with Crippen LogP contribution in [0.4, 0.5) is 11.4 Å². The molecule has 3 N–H and O–H groups in total. The van der Waals surface area contributed by atoms with E-state index < -0.39 is 0 Å². The van der Waals surface area contributed by atoms with Crippen molar-refractivity contribution in [3.63, 3.8) is 0 Å². The molecule has 0 bridgehead atoms. The topological polar surface area (TPSA) is 69.3 Å². The maximum Gasteiger partial charge on any atom is 0.272 e. The largest absolute Gasteiger partial charge is 0.497 e. The normalized spacial score (nSPS) is 10.6. The summed E-state index contributed by atoms with van der Waals surface area (Å²) in [4.78, 5) is 12.3. The van der Waals surface area contributed by atoms with Crippen LogP contribution in [-0.4, -0.2) is 17.6 Å². The van der Waals surface area contributed by atoms with Crippen LogP contribution in [0.3, 0.4) is 0 Å². The Bertz CT molecular complexity index is 617. The maximum absolute atomic E-state index is 12.3. The predicted octanol–water partition coefficient (Wildman–Crippen LogP) is 2.91. The van der Waals surface area contributed by atoms with E-state index in [1.165, 1.54) is 0 Å². The molecule has 1 heterocycles. The van der Waals surface area contributed by atoms with Gasteiger partial charge in [0.2, 0.25) is 0 Å². The quantitative estimate of drug-likeness (QED) is 0.841. The lowest BCUT2D eigenvalue weighted by Gasteiger charge is -2.14. The number of methoxy groups -OCH3 is 1. The van der Waals surface area contributed by atoms with Gasteiger partial charge in [0.15, 0.2) is 0 Å². The van der Waals surface area contributed by atoms with Crippen LogP contribution in [0.1, 0.15) is 30.4 Å². The van der Waals surface area contributed by atoms with Crippen LogP contribution in [-0.2, 0) is 0 Å². The van der Waals surface area contributed by atoms with Crippen molar-refractivity contribution in [2.45, 2.75) is 19.9 Å². The van der Waals surface area contributed by atoms with Gasteiger partial charge in [-0.25, -0.2) is 0 Å². The Morgan fingerprint density at radius 3 is 2.75 bits per heavy atom. The van der Waals surface area contributed by atoms with E-state index in [0.717, 1.165) is 0 Å². The summed E-state index contributed by atoms with van der Waals surface area (Å²) in [7, 11) is 1.57. The number of benzene rings is 1. The van der Waals surface area contributed by atoms with E-state index >= 15 is 0 Å². The molecular weight excluding hydrogens is 254 g/mol. The van der Waals surface area contributed by atoms with Crippen LogP contribution >= 0.6 is 0 Å². The zero-order chi connectivity index (χ0) is 14.7. The summed E-state index contributed by atoms with van der Waals surface area (Å²) in [6, 6.07) is 9.01. The summed E-state index contributed by atoms with van der Waals surface area (Å²) in [6.07, 6.45) is 1.88. The van der Waals surface area contributed by atoms with Crippen molar-refractivity contribution in [2.75, 3.05) is 18.2 Å². The molecule has 0 spiro atoms. The van der Waals surface area contributed by atoms with Gasteiger partial charge in [0.05, 0.1) is 18.5 Å². The van der Waals surface area contributed by atoms with Crippen molar-refractivity contribution < 1.29 is 9.53 Å². The zero-order valence-electron chi connectivity index (χ0n) is 11.9. The van der Waals surface area contributed by atoms with E-state index in [4.69, 9.17) is 10.5 Å². The molecule has 5 nitrogen and oxygen atoms in total. The highest BCUT2D eigenvalue weighted by Crippen LogP contribution is 2.25. The van der Waals surface area contributed by atoms with Crippen LogP contribution in [0.5, 0.6) is 5.75 Å². The number of anilines is 2. The first-order chi connectivity index (χ1) is 9.52. The first-order valence-electron chi connectivity index (χ1n) is 6.44. The van der Waals surface area contributed by atoms with Crippen molar-refractivity contribution in [2.24, 2.45) is 0 Å². The molecule has 2 aromatic rings. The second kappa shape index (κ2) is 5.69. The molecule has 0 aliphatic rings. The molecular formula is C15H19N3O2. The lowest BCUT2D eigenvalue weighted by molar-refractivity contribution is 0.101. The average molecular weight is 273 g/mol. The lowest BCUT2D eigenvalue weighted by Crippen LogP contribution is -2.18. The number of aromatic nitrogens is 1. The Balaban J connectivity index is 2.25. The molecule has 1 amide bonds. The number of hydrogen-bond acceptors (Lipinski definition) is 3. The molecule has 2 rings (SSSR count). The molecule has 0 saturated heterocycles. The van der Waals surface area contributed by atoms with E-state index in [-0.39, 0.29) is 11.9 Å². The summed E-state index contributed by atoms with van der Waals surface area (Å²) in [6.45, 7) is 4.05. The van der Waals surface area contributed by atoms with E-state index in [1.54, 1.807) is 31.4 Å². The van der Waals surface area contributed by atoms with E-state index in [0.29, 0.717) is 22.8 Å². The minimum Gasteiger partial charge on any atom is -0.497 e. The monoisotopic (exact) mass is 273 g/mol. The van der Waals surface area contributed by atoms with Crippen LogP contribution in [0.25, 0.3) is 0 Å². The fraction of sp³-hybridized carbons (Fsp3) is 0.267. The summed E-state index contributed by atoms with van der Waals surface area (Å²) in [5, 5.41) is 2.82. The molecule has 0 radical (unpaired) electrons. The van der Waals surface area contributed by atoms with Crippen LogP contribution < -0.4 is 15.8 Å². The Morgan fingerprint density at radius 1 is 1.35 bits per heavy atom. The highest BCUT2D eigenvalue weighted by Gasteiger charge is 2.14. The van der Waals surface area contributed by atoms with E-state index in [2.05, 4.69) is 5.32 Å². The third-order valence-electron chi connectivity index (χ3n) is 3.08. The first kappa shape index (κ1) is 14.0. The van der Waals surface area contributed by atoms with Gasteiger partial charge in [-0.2, -0.15) is 0 Å². The number of carbonyl (C=O) groups is 1. The van der Waals surface area contributed by atoms with Crippen molar-refractivity contribution in [1.29, 1.82) is 0 Å². The SMILES string of the molecule is COc1ccc(N)c(NC(=O)c2cccn2C(C)C)c1. The number of amides is 1. The summed E-state index contributed by atoms with van der Waals surface area (Å²) >= 11 is 0. The van der Waals surface area contributed by atoms with Gasteiger partial charge in [-0.3, -0.25) is 4.79 Å². The van der Waals surface area contributed by atoms with Crippen LogP contribution in [0.2, 0.25) is 0 Å². The summed E-state index contributed by atoms with van der Waals surface area (Å²) in [5.41, 5.74) is 7.51. The molecule has 0 aliphatic heterocycles. The molecule has 1 aromatic heterocycles. The second-order valence-corrected chi connectivity index (χ2v) is 4.80. The zero-order valence-corrected chi connectivity index (χ0v) is 11.9. The Hall–Kier alpha value is -2.43. The van der Waals surface area contributed by atoms with E-state index in [9.17, 15) is 4.79 Å². The van der Waals surface area contributed by atoms with Crippen LogP contribution in [0.15, 0.2) is 36.5 Å². The van der Waals surface area contributed by atoms with Gasteiger partial charge in [0.25, 0.3) is 5.91 Å². The van der Waals surface area contributed by atoms with Gasteiger partial charge < -0.3 is 20.4 Å². The molecule has 106 valence electrons. The van der Waals surface area contributed by atoms with Crippen molar-refractivity contribution >= 4 is 17.3 Å². The predicted molar refractivity (Wildman–Crippen MR) is 80.2 cm³/mol. The fourth-order valence-electron chi connectivity index (χ4n) is 1.99. The van der Waals surface area contributed by atoms with Crippen molar-refractivity contribution in [3.05, 3.63) is 42.2 Å². The van der Waals surface area contributed by atoms with Gasteiger partial charge >= 0.3 is 0 Å². The Morgan fingerprint density at radius 2 is 2.10 bits per heavy atom. The third-order valence-corrected chi connectivity index (χ3v) is 3.08. The van der Waals surface area contributed by atoms with E-state index in [1.807, 2.05) is 30.7 Å². The Kier molecular flexibility index (Phi) is 3.98. The minimum atomic E-state index is -0.191. The molecule has 20 heavy (non-hydrogen) atoms. The molecule has 0 unspecified atom stereocenters. The van der Waals surface area contributed by atoms with Crippen LogP contribution in [0, 0.1) is 0 Å². The second-order valence-electron chi connectivity index (χ2n) is 4.80. The standard InChI is InChI=1S/C15H19N3O2/c1-10(2)18-8-4-5-14(18)15(19)17-13-9-11(20-3)6-7-12(13)16/h4-10H,16H2,1-3H3,(H,17,19). The number of nitrogen functional groups attached to an aromatic ring is 1. The van der Waals surface area contributed by atoms with Gasteiger partial charge in [-0.05, 0) is 38.1 Å². The molecule has 0 fully saturated rings. The number of rotatable bonds is 4. The number of hydrogen-bond donors (Lipinski definition) is 2. The first-order valence-corrected chi connectivity index (χ1v) is 6.44. The lowest BCUT2D eigenvalue weighted by atomic mass is 10.2. The van der Waals surface area contributed by atoms with Gasteiger partial charge in [0, 0.05) is 18.3 Å². The highest BCUT2D eigenvalue weighted by molar-refractivity contribution is 6.04. The van der Waals surface area contributed by atoms with Crippen molar-refractivity contribution in [3.8, 4) is 5.75 Å². The number of carbonyl (C=O) groups excluding carboxylic acids is 1. The average Bonchev–Trinajstić information content (AvgIpc) is 2.90. The fourth-order valence-corrected chi connectivity index (χ4v) is 1.99. The van der Waals surface area contributed by atoms with Gasteiger partial charge in [0.1, 0.15) is 11.4 Å². The minimum absolute atomic E-state index is 0.191.